The lowest BCUT2D eigenvalue weighted by Gasteiger charge is -2.16. The highest BCUT2D eigenvalue weighted by molar-refractivity contribution is 6.65. The van der Waals surface area contributed by atoms with E-state index >= 15 is 0 Å². The molecule has 0 radical (unpaired) electrons. The molecule has 2 N–H and O–H groups in total. The van der Waals surface area contributed by atoms with Crippen LogP contribution in [-0.4, -0.2) is 10.8 Å². The lowest BCUT2D eigenvalue weighted by atomic mass is 9.99. The van der Waals surface area contributed by atoms with Crippen molar-refractivity contribution in [3.63, 3.8) is 0 Å². The molecular formula is C10H11Cl2NO. The van der Waals surface area contributed by atoms with Crippen LogP contribution >= 0.6 is 24.0 Å². The van der Waals surface area contributed by atoms with Crippen molar-refractivity contribution in [2.24, 2.45) is 5.73 Å². The van der Waals surface area contributed by atoms with Crippen molar-refractivity contribution in [3.8, 4) is 0 Å². The number of carbonyl (C=O) groups excluding carboxylic acids is 1. The van der Waals surface area contributed by atoms with Crippen LogP contribution in [-0.2, 0) is 17.6 Å². The Morgan fingerprint density at radius 1 is 1.29 bits per heavy atom. The summed E-state index contributed by atoms with van der Waals surface area (Å²) in [7, 11) is 0. The van der Waals surface area contributed by atoms with E-state index in [1.165, 1.54) is 0 Å². The molecule has 0 saturated carbocycles. The van der Waals surface area contributed by atoms with Crippen molar-refractivity contribution in [1.82, 2.24) is 0 Å². The fraction of sp³-hybridized carbons (Fsp3) is 0.300. The molecule has 1 aromatic carbocycles. The Kier molecular flexibility index (Phi) is 3.20. The van der Waals surface area contributed by atoms with Crippen molar-refractivity contribution < 1.29 is 4.79 Å². The van der Waals surface area contributed by atoms with Gasteiger partial charge in [-0.3, -0.25) is 4.79 Å². The second-order valence-corrected chi connectivity index (χ2v) is 3.90. The molecule has 0 heterocycles. The summed E-state index contributed by atoms with van der Waals surface area (Å²) in [5.74, 6) is 0. The third-order valence-electron chi connectivity index (χ3n) is 2.52. The van der Waals surface area contributed by atoms with Gasteiger partial charge in [-0.15, -0.1) is 12.4 Å². The quantitative estimate of drug-likeness (QED) is 0.748. The average molecular weight is 232 g/mol. The molecule has 2 nitrogen and oxygen atoms in total. The fourth-order valence-electron chi connectivity index (χ4n) is 1.78. The maximum atomic E-state index is 11.1. The lowest BCUT2D eigenvalue weighted by Crippen LogP contribution is -2.46. The number of carbonyl (C=O) groups is 1. The minimum absolute atomic E-state index is 0. The standard InChI is InChI=1S/C10H10ClNO.ClH/c11-9(13)10(12)5-7-3-1-2-4-8(7)6-10;/h1-4H,5-6,12H2;1H. The lowest BCUT2D eigenvalue weighted by molar-refractivity contribution is -0.116. The Morgan fingerprint density at radius 2 is 1.71 bits per heavy atom. The summed E-state index contributed by atoms with van der Waals surface area (Å²) >= 11 is 5.45. The van der Waals surface area contributed by atoms with E-state index in [0.717, 1.165) is 11.1 Å². The smallest absolute Gasteiger partial charge is 0.242 e. The van der Waals surface area contributed by atoms with Crippen LogP contribution in [0.4, 0.5) is 0 Å². The topological polar surface area (TPSA) is 43.1 Å². The fourth-order valence-corrected chi connectivity index (χ4v) is 1.92. The van der Waals surface area contributed by atoms with Crippen LogP contribution in [0.2, 0.25) is 0 Å². The molecule has 0 aromatic heterocycles. The summed E-state index contributed by atoms with van der Waals surface area (Å²) in [5.41, 5.74) is 7.28. The van der Waals surface area contributed by atoms with Crippen LogP contribution in [0.1, 0.15) is 11.1 Å². The summed E-state index contributed by atoms with van der Waals surface area (Å²) in [6, 6.07) is 7.88. The Labute approximate surface area is 93.8 Å². The van der Waals surface area contributed by atoms with Gasteiger partial charge < -0.3 is 5.73 Å². The average Bonchev–Trinajstić information content (AvgIpc) is 2.42. The van der Waals surface area contributed by atoms with Crippen LogP contribution in [0.15, 0.2) is 24.3 Å². The van der Waals surface area contributed by atoms with Crippen LogP contribution in [0.25, 0.3) is 0 Å². The first-order valence-corrected chi connectivity index (χ1v) is 4.55. The normalized spacial score (nSPS) is 17.0. The van der Waals surface area contributed by atoms with Crippen LogP contribution in [0, 0.1) is 0 Å². The highest BCUT2D eigenvalue weighted by Crippen LogP contribution is 2.29. The van der Waals surface area contributed by atoms with Gasteiger partial charge in [0.15, 0.2) is 0 Å². The molecule has 4 heteroatoms. The zero-order valence-electron chi connectivity index (χ0n) is 7.50. The first-order chi connectivity index (χ1) is 6.12. The Balaban J connectivity index is 0.000000980. The zero-order valence-corrected chi connectivity index (χ0v) is 9.07. The monoisotopic (exact) mass is 231 g/mol. The number of hydrogen-bond donors (Lipinski definition) is 1. The van der Waals surface area contributed by atoms with Gasteiger partial charge in [0.1, 0.15) is 0 Å². The predicted molar refractivity (Wildman–Crippen MR) is 58.9 cm³/mol. The predicted octanol–water partition coefficient (Wildman–Crippen LogP) is 1.67. The SMILES string of the molecule is Cl.NC1(C(=O)Cl)Cc2ccccc2C1. The Hall–Kier alpha value is -0.570. The van der Waals surface area contributed by atoms with Crippen molar-refractivity contribution in [2.75, 3.05) is 0 Å². The first-order valence-electron chi connectivity index (χ1n) is 4.17. The molecule has 0 fully saturated rings. The molecule has 0 bridgehead atoms. The number of nitrogens with two attached hydrogens (primary N) is 1. The number of fused-ring (bicyclic) bond motifs is 1. The van der Waals surface area contributed by atoms with Gasteiger partial charge in [0.05, 0.1) is 5.54 Å². The van der Waals surface area contributed by atoms with Crippen molar-refractivity contribution in [1.29, 1.82) is 0 Å². The molecule has 0 spiro atoms. The molecule has 0 unspecified atom stereocenters. The van der Waals surface area contributed by atoms with Crippen LogP contribution < -0.4 is 5.73 Å². The van der Waals surface area contributed by atoms with Gasteiger partial charge in [-0.05, 0) is 35.6 Å². The largest absolute Gasteiger partial charge is 0.317 e. The molecule has 1 aromatic rings. The van der Waals surface area contributed by atoms with Gasteiger partial charge in [0.25, 0.3) is 0 Å². The molecule has 1 aliphatic rings. The van der Waals surface area contributed by atoms with E-state index in [2.05, 4.69) is 0 Å². The van der Waals surface area contributed by atoms with Gasteiger partial charge in [-0.2, -0.15) is 0 Å². The molecule has 2 rings (SSSR count). The molecule has 0 atom stereocenters. The summed E-state index contributed by atoms with van der Waals surface area (Å²) < 4.78 is 0. The van der Waals surface area contributed by atoms with E-state index < -0.39 is 10.8 Å². The highest BCUT2D eigenvalue weighted by Gasteiger charge is 2.38. The third-order valence-corrected chi connectivity index (χ3v) is 2.90. The third kappa shape index (κ3) is 1.78. The molecule has 76 valence electrons. The van der Waals surface area contributed by atoms with Crippen molar-refractivity contribution in [2.45, 2.75) is 18.4 Å². The number of hydrogen-bond acceptors (Lipinski definition) is 2. The number of halogens is 2. The minimum atomic E-state index is -0.870. The summed E-state index contributed by atoms with van der Waals surface area (Å²) in [5, 5.41) is -0.441. The highest BCUT2D eigenvalue weighted by atomic mass is 35.5. The maximum Gasteiger partial charge on any atom is 0.242 e. The van der Waals surface area contributed by atoms with E-state index in [0.29, 0.717) is 12.8 Å². The molecular weight excluding hydrogens is 221 g/mol. The van der Waals surface area contributed by atoms with E-state index in [9.17, 15) is 4.79 Å². The molecule has 1 aliphatic carbocycles. The minimum Gasteiger partial charge on any atom is -0.317 e. The Morgan fingerprint density at radius 3 is 2.07 bits per heavy atom. The van der Waals surface area contributed by atoms with Gasteiger partial charge in [-0.1, -0.05) is 24.3 Å². The molecule has 0 aliphatic heterocycles. The van der Waals surface area contributed by atoms with E-state index in [1.807, 2.05) is 24.3 Å². The number of benzene rings is 1. The summed E-state index contributed by atoms with van der Waals surface area (Å²) in [6.45, 7) is 0. The second kappa shape index (κ2) is 3.89. The molecule has 0 saturated heterocycles. The maximum absolute atomic E-state index is 11.1. The molecule has 14 heavy (non-hydrogen) atoms. The zero-order chi connectivity index (χ0) is 9.47. The van der Waals surface area contributed by atoms with Crippen LogP contribution in [0.3, 0.4) is 0 Å². The van der Waals surface area contributed by atoms with Gasteiger partial charge in [0.2, 0.25) is 5.24 Å². The van der Waals surface area contributed by atoms with Gasteiger partial charge in [0, 0.05) is 0 Å². The summed E-state index contributed by atoms with van der Waals surface area (Å²) in [6.07, 6.45) is 1.12. The van der Waals surface area contributed by atoms with Crippen molar-refractivity contribution in [3.05, 3.63) is 35.4 Å². The Bertz CT molecular complexity index is 340. The van der Waals surface area contributed by atoms with E-state index in [-0.39, 0.29) is 12.4 Å². The second-order valence-electron chi connectivity index (χ2n) is 3.55. The van der Waals surface area contributed by atoms with Crippen molar-refractivity contribution >= 4 is 29.3 Å². The molecule has 0 amide bonds. The number of rotatable bonds is 1. The van der Waals surface area contributed by atoms with E-state index in [4.69, 9.17) is 17.3 Å². The summed E-state index contributed by atoms with van der Waals surface area (Å²) in [4.78, 5) is 11.1. The van der Waals surface area contributed by atoms with Gasteiger partial charge >= 0.3 is 0 Å². The van der Waals surface area contributed by atoms with Crippen LogP contribution in [0.5, 0.6) is 0 Å². The first kappa shape index (κ1) is 11.5. The van der Waals surface area contributed by atoms with Gasteiger partial charge in [-0.25, -0.2) is 0 Å². The van der Waals surface area contributed by atoms with E-state index in [1.54, 1.807) is 0 Å².